The molecule has 1 aromatic heterocycles. The van der Waals surface area contributed by atoms with Crippen molar-refractivity contribution >= 4 is 23.1 Å². The number of likely N-dealkylation sites (tertiary alicyclic amines) is 1. The van der Waals surface area contributed by atoms with E-state index in [1.807, 2.05) is 18.2 Å². The van der Waals surface area contributed by atoms with E-state index in [2.05, 4.69) is 89.2 Å². The molecule has 4 rings (SSSR count). The maximum absolute atomic E-state index is 9.79. The molecule has 0 radical (unpaired) electrons. The first-order valence-corrected chi connectivity index (χ1v) is 12.5. The van der Waals surface area contributed by atoms with E-state index in [4.69, 9.17) is 0 Å². The third kappa shape index (κ3) is 5.38. The number of anilines is 4. The Morgan fingerprint density at radius 1 is 0.944 bits per heavy atom. The van der Waals surface area contributed by atoms with E-state index in [-0.39, 0.29) is 17.1 Å². The molecule has 0 unspecified atom stereocenters. The van der Waals surface area contributed by atoms with Crippen LogP contribution in [0.4, 0.5) is 23.1 Å². The minimum absolute atomic E-state index is 0.0134. The number of nitrogens with one attached hydrogen (secondary N) is 2. The van der Waals surface area contributed by atoms with Gasteiger partial charge in [-0.05, 0) is 72.8 Å². The molecule has 2 N–H and O–H groups in total. The van der Waals surface area contributed by atoms with Crippen molar-refractivity contribution in [1.29, 1.82) is 10.5 Å². The van der Waals surface area contributed by atoms with Crippen LogP contribution in [0.25, 0.3) is 0 Å². The Hall–Kier alpha value is -3.40. The Labute approximate surface area is 214 Å². The molecule has 2 aromatic rings. The van der Waals surface area contributed by atoms with E-state index in [0.29, 0.717) is 22.9 Å². The van der Waals surface area contributed by atoms with Gasteiger partial charge in [0, 0.05) is 49.0 Å². The summed E-state index contributed by atoms with van der Waals surface area (Å²) in [5, 5.41) is 26.2. The zero-order valence-corrected chi connectivity index (χ0v) is 22.3. The summed E-state index contributed by atoms with van der Waals surface area (Å²) in [5.41, 5.74) is 2.75. The molecule has 2 saturated heterocycles. The normalized spacial score (nSPS) is 20.4. The van der Waals surface area contributed by atoms with Crippen molar-refractivity contribution in [2.45, 2.75) is 57.7 Å². The highest BCUT2D eigenvalue weighted by Gasteiger charge is 2.43. The topological polar surface area (TPSA) is 107 Å². The number of nitrogens with zero attached hydrogens (tertiary/aromatic N) is 7. The fourth-order valence-electron chi connectivity index (χ4n) is 5.46. The maximum Gasteiger partial charge on any atom is 0.229 e. The van der Waals surface area contributed by atoms with Gasteiger partial charge in [0.25, 0.3) is 0 Å². The zero-order valence-electron chi connectivity index (χ0n) is 22.3. The number of piperazine rings is 1. The minimum Gasteiger partial charge on any atom is -0.368 e. The van der Waals surface area contributed by atoms with Crippen LogP contribution in [0, 0.1) is 22.7 Å². The van der Waals surface area contributed by atoms with Crippen LogP contribution in [0.3, 0.4) is 0 Å². The first-order valence-electron chi connectivity index (χ1n) is 12.5. The number of hydrogen-bond acceptors (Lipinski definition) is 9. The number of benzene rings is 1. The molecule has 9 heteroatoms. The lowest BCUT2D eigenvalue weighted by atomic mass is 9.77. The number of hydrogen-bond donors (Lipinski definition) is 2. The fraction of sp³-hybridized carbons (Fsp3) is 0.556. The number of aromatic nitrogens is 2. The Morgan fingerprint density at radius 2 is 1.58 bits per heavy atom. The summed E-state index contributed by atoms with van der Waals surface area (Å²) in [5.74, 6) is 0.921. The van der Waals surface area contributed by atoms with Crippen molar-refractivity contribution in [3.63, 3.8) is 0 Å². The molecule has 0 bridgehead atoms. The summed E-state index contributed by atoms with van der Waals surface area (Å²) >= 11 is 0. The molecule has 190 valence electrons. The van der Waals surface area contributed by atoms with E-state index in [0.717, 1.165) is 50.4 Å². The second-order valence-corrected chi connectivity index (χ2v) is 11.3. The van der Waals surface area contributed by atoms with E-state index < -0.39 is 0 Å². The summed E-state index contributed by atoms with van der Waals surface area (Å²) < 4.78 is 0. The zero-order chi connectivity index (χ0) is 26.1. The minimum atomic E-state index is 0.0134. The van der Waals surface area contributed by atoms with Crippen molar-refractivity contribution in [1.82, 2.24) is 19.8 Å². The average molecular weight is 488 g/mol. The van der Waals surface area contributed by atoms with Crippen LogP contribution < -0.4 is 15.5 Å². The van der Waals surface area contributed by atoms with Crippen molar-refractivity contribution in [2.75, 3.05) is 55.8 Å². The number of piperidine rings is 1. The van der Waals surface area contributed by atoms with Crippen LogP contribution in [-0.2, 0) is 0 Å². The summed E-state index contributed by atoms with van der Waals surface area (Å²) in [4.78, 5) is 16.0. The van der Waals surface area contributed by atoms with Gasteiger partial charge in [-0.25, -0.2) is 4.98 Å². The molecular weight excluding hydrogens is 450 g/mol. The van der Waals surface area contributed by atoms with Crippen molar-refractivity contribution in [3.8, 4) is 12.1 Å². The van der Waals surface area contributed by atoms with Crippen LogP contribution in [0.5, 0.6) is 0 Å². The predicted octanol–water partition coefficient (Wildman–Crippen LogP) is 3.78. The molecule has 9 nitrogen and oxygen atoms in total. The highest BCUT2D eigenvalue weighted by Crippen LogP contribution is 2.38. The van der Waals surface area contributed by atoms with E-state index in [1.165, 1.54) is 0 Å². The lowest BCUT2D eigenvalue weighted by molar-refractivity contribution is -0.00772. The van der Waals surface area contributed by atoms with Gasteiger partial charge < -0.3 is 20.4 Å². The van der Waals surface area contributed by atoms with Crippen LogP contribution in [0.15, 0.2) is 24.4 Å². The fourth-order valence-corrected chi connectivity index (χ4v) is 5.46. The molecule has 1 aromatic carbocycles. The number of likely N-dealkylation sites (N-methyl/N-ethyl adjacent to an activating group) is 1. The largest absolute Gasteiger partial charge is 0.368 e. The Balaban J connectivity index is 1.53. The molecule has 0 atom stereocenters. The van der Waals surface area contributed by atoms with E-state index in [1.54, 1.807) is 6.20 Å². The molecule has 36 heavy (non-hydrogen) atoms. The van der Waals surface area contributed by atoms with Gasteiger partial charge in [-0.3, -0.25) is 4.90 Å². The van der Waals surface area contributed by atoms with Gasteiger partial charge >= 0.3 is 0 Å². The molecule has 0 amide bonds. The molecule has 3 heterocycles. The third-order valence-electron chi connectivity index (χ3n) is 7.78. The van der Waals surface area contributed by atoms with Gasteiger partial charge in [0.2, 0.25) is 5.95 Å². The molecule has 2 fully saturated rings. The highest BCUT2D eigenvalue weighted by atomic mass is 15.3. The monoisotopic (exact) mass is 487 g/mol. The Bertz CT molecular complexity index is 1160. The lowest BCUT2D eigenvalue weighted by Gasteiger charge is -2.53. The Kier molecular flexibility index (Phi) is 7.08. The van der Waals surface area contributed by atoms with Gasteiger partial charge in [-0.15, -0.1) is 0 Å². The number of nitriles is 2. The predicted molar refractivity (Wildman–Crippen MR) is 143 cm³/mol. The SMILES string of the molecule is CN1CCN(c2ccc(Nc3ncc(C#N)c(NC4CC(C)(C)N(C)C(C)(C)C4)n3)cc2C#N)CC1. The van der Waals surface area contributed by atoms with Crippen LogP contribution in [0.1, 0.15) is 51.7 Å². The molecule has 0 saturated carbocycles. The second kappa shape index (κ2) is 9.93. The molecule has 2 aliphatic rings. The van der Waals surface area contributed by atoms with Crippen molar-refractivity contribution in [3.05, 3.63) is 35.5 Å². The lowest BCUT2D eigenvalue weighted by Crippen LogP contribution is -2.61. The van der Waals surface area contributed by atoms with Gasteiger partial charge in [0.05, 0.1) is 17.4 Å². The smallest absolute Gasteiger partial charge is 0.229 e. The first kappa shape index (κ1) is 25.7. The number of rotatable bonds is 5. The highest BCUT2D eigenvalue weighted by molar-refractivity contribution is 5.68. The standard InChI is InChI=1S/C27H37N9/c1-26(2)14-22(15-27(3,4)35(26)6)31-24-20(17-29)18-30-25(33-24)32-21-7-8-23(19(13-21)16-28)36-11-9-34(5)10-12-36/h7-8,13,18,22H,9-12,14-15H2,1-6H3,(H2,30,31,32,33). The summed E-state index contributed by atoms with van der Waals surface area (Å²) in [7, 11) is 4.29. The first-order chi connectivity index (χ1) is 17.0. The molecule has 0 spiro atoms. The van der Waals surface area contributed by atoms with Gasteiger partial charge in [0.1, 0.15) is 23.5 Å². The average Bonchev–Trinajstić information content (AvgIpc) is 2.83. The molecule has 2 aliphatic heterocycles. The van der Waals surface area contributed by atoms with Crippen molar-refractivity contribution < 1.29 is 0 Å². The maximum atomic E-state index is 9.79. The van der Waals surface area contributed by atoms with Crippen LogP contribution in [0.2, 0.25) is 0 Å². The molecule has 0 aliphatic carbocycles. The van der Waals surface area contributed by atoms with Crippen LogP contribution >= 0.6 is 0 Å². The van der Waals surface area contributed by atoms with Gasteiger partial charge in [0.15, 0.2) is 0 Å². The second-order valence-electron chi connectivity index (χ2n) is 11.3. The van der Waals surface area contributed by atoms with E-state index >= 15 is 0 Å². The summed E-state index contributed by atoms with van der Waals surface area (Å²) in [6.45, 7) is 12.8. The summed E-state index contributed by atoms with van der Waals surface area (Å²) in [6, 6.07) is 10.5. The van der Waals surface area contributed by atoms with Gasteiger partial charge in [-0.2, -0.15) is 15.5 Å². The Morgan fingerprint density at radius 3 is 2.19 bits per heavy atom. The van der Waals surface area contributed by atoms with Crippen molar-refractivity contribution in [2.24, 2.45) is 0 Å². The summed E-state index contributed by atoms with van der Waals surface area (Å²) in [6.07, 6.45) is 3.42. The van der Waals surface area contributed by atoms with Gasteiger partial charge in [-0.1, -0.05) is 0 Å². The van der Waals surface area contributed by atoms with E-state index in [9.17, 15) is 10.5 Å². The van der Waals surface area contributed by atoms with Crippen LogP contribution in [-0.4, -0.2) is 77.2 Å². The quantitative estimate of drug-likeness (QED) is 0.651. The molecular formula is C27H37N9. The third-order valence-corrected chi connectivity index (χ3v) is 7.78.